The van der Waals surface area contributed by atoms with E-state index in [2.05, 4.69) is 27.4 Å². The van der Waals surface area contributed by atoms with E-state index in [0.717, 1.165) is 19.3 Å². The molecule has 0 aromatic carbocycles. The van der Waals surface area contributed by atoms with Crippen LogP contribution in [0.5, 0.6) is 0 Å². The zero-order chi connectivity index (χ0) is 11.2. The molecular weight excluding hydrogens is 176 g/mol. The predicted molar refractivity (Wildman–Crippen MR) is 59.1 cm³/mol. The highest BCUT2D eigenvalue weighted by atomic mass is 16.5. The summed E-state index contributed by atoms with van der Waals surface area (Å²) in [6.07, 6.45) is 3.14. The Bertz CT molecular complexity index is 194. The highest BCUT2D eigenvalue weighted by Gasteiger charge is 2.25. The van der Waals surface area contributed by atoms with E-state index in [9.17, 15) is 4.79 Å². The van der Waals surface area contributed by atoms with E-state index in [1.807, 2.05) is 0 Å². The predicted octanol–water partition coefficient (Wildman–Crippen LogP) is 3.32. The smallest absolute Gasteiger partial charge is 0.333 e. The number of rotatable bonds is 6. The fourth-order valence-corrected chi connectivity index (χ4v) is 1.40. The molecule has 0 spiro atoms. The molecule has 2 nitrogen and oxygen atoms in total. The van der Waals surface area contributed by atoms with Gasteiger partial charge in [-0.25, -0.2) is 4.79 Å². The van der Waals surface area contributed by atoms with Gasteiger partial charge in [-0.05, 0) is 26.2 Å². The maximum atomic E-state index is 11.2. The third-order valence-electron chi connectivity index (χ3n) is 3.11. The molecule has 0 fully saturated rings. The summed E-state index contributed by atoms with van der Waals surface area (Å²) >= 11 is 0. The number of hydrogen-bond donors (Lipinski definition) is 0. The Kier molecular flexibility index (Phi) is 5.51. The number of carbonyl (C=O) groups is 1. The van der Waals surface area contributed by atoms with Crippen molar-refractivity contribution in [2.45, 2.75) is 47.0 Å². The molecule has 0 saturated heterocycles. The molecule has 14 heavy (non-hydrogen) atoms. The van der Waals surface area contributed by atoms with Crippen molar-refractivity contribution in [1.82, 2.24) is 0 Å². The number of hydrogen-bond acceptors (Lipinski definition) is 2. The minimum Gasteiger partial charge on any atom is -0.462 e. The van der Waals surface area contributed by atoms with Gasteiger partial charge in [0.25, 0.3) is 0 Å². The molecule has 0 bridgehead atoms. The Morgan fingerprint density at radius 1 is 1.21 bits per heavy atom. The Morgan fingerprint density at radius 2 is 1.64 bits per heavy atom. The van der Waals surface area contributed by atoms with E-state index < -0.39 is 0 Å². The van der Waals surface area contributed by atoms with Crippen molar-refractivity contribution in [2.75, 3.05) is 6.61 Å². The Balaban J connectivity index is 4.19. The quantitative estimate of drug-likeness (QED) is 0.483. The maximum absolute atomic E-state index is 11.2. The molecule has 0 saturated carbocycles. The van der Waals surface area contributed by atoms with Gasteiger partial charge in [-0.2, -0.15) is 0 Å². The number of esters is 1. The van der Waals surface area contributed by atoms with Gasteiger partial charge >= 0.3 is 5.97 Å². The van der Waals surface area contributed by atoms with Crippen LogP contribution >= 0.6 is 0 Å². The third-order valence-corrected chi connectivity index (χ3v) is 3.11. The van der Waals surface area contributed by atoms with Crippen LogP contribution in [0.15, 0.2) is 12.2 Å². The monoisotopic (exact) mass is 198 g/mol. The molecule has 2 heteroatoms. The van der Waals surface area contributed by atoms with Crippen LogP contribution in [-0.2, 0) is 9.53 Å². The van der Waals surface area contributed by atoms with Gasteiger partial charge in [-0.1, -0.05) is 27.4 Å². The van der Waals surface area contributed by atoms with Crippen LogP contribution in [0.2, 0.25) is 0 Å². The maximum Gasteiger partial charge on any atom is 0.333 e. The van der Waals surface area contributed by atoms with E-state index in [0.29, 0.717) is 12.2 Å². The minimum atomic E-state index is -0.273. The van der Waals surface area contributed by atoms with Crippen molar-refractivity contribution < 1.29 is 9.53 Å². The molecule has 0 radical (unpaired) electrons. The first-order chi connectivity index (χ1) is 6.51. The normalized spacial score (nSPS) is 11.1. The molecular formula is C12H22O2. The summed E-state index contributed by atoms with van der Waals surface area (Å²) in [7, 11) is 0. The van der Waals surface area contributed by atoms with E-state index in [4.69, 9.17) is 4.74 Å². The standard InChI is InChI=1S/C12H22O2/c1-6-12(7-2,8-3)9-14-11(13)10(4)5/h4,6-9H2,1-3,5H3. The molecule has 0 N–H and O–H groups in total. The van der Waals surface area contributed by atoms with Gasteiger partial charge < -0.3 is 4.74 Å². The number of carbonyl (C=O) groups excluding carboxylic acids is 1. The van der Waals surface area contributed by atoms with Crippen LogP contribution < -0.4 is 0 Å². The van der Waals surface area contributed by atoms with Crippen LogP contribution in [0.1, 0.15) is 47.0 Å². The van der Waals surface area contributed by atoms with Crippen LogP contribution in [0.25, 0.3) is 0 Å². The first kappa shape index (κ1) is 13.2. The average Bonchev–Trinajstić information content (AvgIpc) is 2.20. The zero-order valence-corrected chi connectivity index (χ0v) is 9.85. The first-order valence-electron chi connectivity index (χ1n) is 5.34. The summed E-state index contributed by atoms with van der Waals surface area (Å²) in [6, 6.07) is 0. The molecule has 0 aromatic rings. The van der Waals surface area contributed by atoms with Crippen molar-refractivity contribution in [3.8, 4) is 0 Å². The molecule has 0 aromatic heterocycles. The highest BCUT2D eigenvalue weighted by molar-refractivity contribution is 5.86. The Morgan fingerprint density at radius 3 is 1.93 bits per heavy atom. The molecule has 0 unspecified atom stereocenters. The Hall–Kier alpha value is -0.790. The van der Waals surface area contributed by atoms with Crippen LogP contribution in [0.3, 0.4) is 0 Å². The molecule has 0 aliphatic carbocycles. The molecule has 0 heterocycles. The second kappa shape index (κ2) is 5.84. The van der Waals surface area contributed by atoms with E-state index in [-0.39, 0.29) is 11.4 Å². The Labute approximate surface area is 87.3 Å². The van der Waals surface area contributed by atoms with Gasteiger partial charge in [-0.15, -0.1) is 0 Å². The van der Waals surface area contributed by atoms with Gasteiger partial charge in [0.05, 0.1) is 6.61 Å². The van der Waals surface area contributed by atoms with Gasteiger partial charge in [-0.3, -0.25) is 0 Å². The van der Waals surface area contributed by atoms with Gasteiger partial charge in [0.15, 0.2) is 0 Å². The summed E-state index contributed by atoms with van der Waals surface area (Å²) in [5.74, 6) is -0.273. The lowest BCUT2D eigenvalue weighted by atomic mass is 9.81. The summed E-state index contributed by atoms with van der Waals surface area (Å²) < 4.78 is 5.20. The van der Waals surface area contributed by atoms with Crippen LogP contribution in [-0.4, -0.2) is 12.6 Å². The van der Waals surface area contributed by atoms with Crippen molar-refractivity contribution in [3.05, 3.63) is 12.2 Å². The lowest BCUT2D eigenvalue weighted by Gasteiger charge is -2.29. The first-order valence-corrected chi connectivity index (χ1v) is 5.34. The average molecular weight is 198 g/mol. The van der Waals surface area contributed by atoms with E-state index in [1.54, 1.807) is 6.92 Å². The molecule has 0 amide bonds. The third kappa shape index (κ3) is 3.52. The molecule has 0 aliphatic heterocycles. The van der Waals surface area contributed by atoms with Gasteiger partial charge in [0.1, 0.15) is 0 Å². The summed E-state index contributed by atoms with van der Waals surface area (Å²) in [5.41, 5.74) is 0.632. The highest BCUT2D eigenvalue weighted by Crippen LogP contribution is 2.30. The second-order valence-corrected chi connectivity index (χ2v) is 3.92. The van der Waals surface area contributed by atoms with Crippen LogP contribution in [0.4, 0.5) is 0 Å². The lowest BCUT2D eigenvalue weighted by molar-refractivity contribution is -0.142. The lowest BCUT2D eigenvalue weighted by Crippen LogP contribution is -2.26. The van der Waals surface area contributed by atoms with Crippen molar-refractivity contribution in [1.29, 1.82) is 0 Å². The summed E-state index contributed by atoms with van der Waals surface area (Å²) in [6.45, 7) is 12.2. The van der Waals surface area contributed by atoms with E-state index in [1.165, 1.54) is 0 Å². The number of ether oxygens (including phenoxy) is 1. The van der Waals surface area contributed by atoms with Crippen molar-refractivity contribution in [3.63, 3.8) is 0 Å². The largest absolute Gasteiger partial charge is 0.462 e. The van der Waals surface area contributed by atoms with Crippen LogP contribution in [0, 0.1) is 5.41 Å². The molecule has 0 aliphatic rings. The summed E-state index contributed by atoms with van der Waals surface area (Å²) in [4.78, 5) is 11.2. The minimum absolute atomic E-state index is 0.158. The fraction of sp³-hybridized carbons (Fsp3) is 0.750. The SMILES string of the molecule is C=C(C)C(=O)OCC(CC)(CC)CC. The molecule has 0 atom stereocenters. The van der Waals surface area contributed by atoms with E-state index >= 15 is 0 Å². The fourth-order valence-electron chi connectivity index (χ4n) is 1.40. The topological polar surface area (TPSA) is 26.3 Å². The molecule has 82 valence electrons. The van der Waals surface area contributed by atoms with Gasteiger partial charge in [0, 0.05) is 11.0 Å². The van der Waals surface area contributed by atoms with Crippen molar-refractivity contribution in [2.24, 2.45) is 5.41 Å². The van der Waals surface area contributed by atoms with Crippen molar-refractivity contribution >= 4 is 5.97 Å². The van der Waals surface area contributed by atoms with Gasteiger partial charge in [0.2, 0.25) is 0 Å². The zero-order valence-electron chi connectivity index (χ0n) is 9.85. The summed E-state index contributed by atoms with van der Waals surface area (Å²) in [5, 5.41) is 0. The second-order valence-electron chi connectivity index (χ2n) is 3.92. The molecule has 0 rings (SSSR count).